The maximum Gasteiger partial charge on any atom is 0.0991 e. The van der Waals surface area contributed by atoms with Crippen LogP contribution in [0.15, 0.2) is 41.4 Å². The molecule has 3 nitrogen and oxygen atoms in total. The highest BCUT2D eigenvalue weighted by molar-refractivity contribution is 9.10. The van der Waals surface area contributed by atoms with E-state index in [9.17, 15) is 0 Å². The molecular formula is C12H14BrN3. The summed E-state index contributed by atoms with van der Waals surface area (Å²) in [6, 6.07) is 6.36. The van der Waals surface area contributed by atoms with Crippen LogP contribution in [0, 0.1) is 0 Å². The molecule has 4 heteroatoms. The third-order valence-electron chi connectivity index (χ3n) is 2.37. The summed E-state index contributed by atoms with van der Waals surface area (Å²) < 4.78 is 3.08. The maximum absolute atomic E-state index is 5.86. The summed E-state index contributed by atoms with van der Waals surface area (Å²) in [7, 11) is 0. The third-order valence-corrected chi connectivity index (χ3v) is 2.86. The van der Waals surface area contributed by atoms with Crippen molar-refractivity contribution >= 4 is 15.9 Å². The molecule has 0 saturated carbocycles. The van der Waals surface area contributed by atoms with E-state index >= 15 is 0 Å². The quantitative estimate of drug-likeness (QED) is 0.938. The molecule has 1 heterocycles. The van der Waals surface area contributed by atoms with Crippen molar-refractivity contribution in [2.45, 2.75) is 19.4 Å². The van der Waals surface area contributed by atoms with Crippen molar-refractivity contribution in [1.82, 2.24) is 9.55 Å². The molecule has 2 N–H and O–H groups in total. The first-order chi connectivity index (χ1) is 7.66. The Morgan fingerprint density at radius 2 is 2.31 bits per heavy atom. The summed E-state index contributed by atoms with van der Waals surface area (Å²) in [5.41, 5.74) is 8.22. The summed E-state index contributed by atoms with van der Waals surface area (Å²) in [5, 5.41) is 0. The predicted octanol–water partition coefficient (Wildman–Crippen LogP) is 2.52. The number of nitrogens with zero attached hydrogens (tertiary/aromatic N) is 2. The van der Waals surface area contributed by atoms with Gasteiger partial charge in [0.2, 0.25) is 0 Å². The molecular weight excluding hydrogens is 266 g/mol. The van der Waals surface area contributed by atoms with Crippen molar-refractivity contribution in [3.05, 3.63) is 47.0 Å². The van der Waals surface area contributed by atoms with Gasteiger partial charge in [0.1, 0.15) is 0 Å². The second-order valence-electron chi connectivity index (χ2n) is 3.92. The Hall–Kier alpha value is -1.13. The smallest absolute Gasteiger partial charge is 0.0991 e. The van der Waals surface area contributed by atoms with Gasteiger partial charge >= 0.3 is 0 Å². The molecule has 0 amide bonds. The molecule has 1 aromatic carbocycles. The first-order valence-electron chi connectivity index (χ1n) is 5.19. The van der Waals surface area contributed by atoms with E-state index in [1.165, 1.54) is 5.56 Å². The number of hydrogen-bond donors (Lipinski definition) is 1. The van der Waals surface area contributed by atoms with Crippen LogP contribution >= 0.6 is 15.9 Å². The Balaban J connectivity index is 2.44. The number of halogens is 1. The highest BCUT2D eigenvalue weighted by atomic mass is 79.9. The molecule has 0 bridgehead atoms. The summed E-state index contributed by atoms with van der Waals surface area (Å²) in [5.74, 6) is 0. The van der Waals surface area contributed by atoms with Crippen LogP contribution in [0.3, 0.4) is 0 Å². The van der Waals surface area contributed by atoms with Crippen molar-refractivity contribution in [3.8, 4) is 5.69 Å². The summed E-state index contributed by atoms with van der Waals surface area (Å²) in [6.07, 6.45) is 6.37. The Morgan fingerprint density at radius 3 is 2.94 bits per heavy atom. The second-order valence-corrected chi connectivity index (χ2v) is 4.84. The Labute approximate surface area is 103 Å². The lowest BCUT2D eigenvalue weighted by atomic mass is 10.1. The number of nitrogens with two attached hydrogens (primary N) is 1. The Bertz CT molecular complexity index is 463. The Kier molecular flexibility index (Phi) is 3.41. The maximum atomic E-state index is 5.86. The minimum atomic E-state index is 0.150. The lowest BCUT2D eigenvalue weighted by Crippen LogP contribution is -2.18. The zero-order chi connectivity index (χ0) is 11.5. The van der Waals surface area contributed by atoms with Crippen LogP contribution < -0.4 is 5.73 Å². The molecule has 0 aliphatic rings. The minimum Gasteiger partial charge on any atom is -0.328 e. The molecule has 0 saturated heterocycles. The largest absolute Gasteiger partial charge is 0.328 e. The van der Waals surface area contributed by atoms with E-state index in [0.717, 1.165) is 16.6 Å². The molecule has 16 heavy (non-hydrogen) atoms. The number of hydrogen-bond acceptors (Lipinski definition) is 2. The van der Waals surface area contributed by atoms with E-state index < -0.39 is 0 Å². The number of aromatic nitrogens is 2. The normalized spacial score (nSPS) is 12.7. The summed E-state index contributed by atoms with van der Waals surface area (Å²) in [4.78, 5) is 4.06. The van der Waals surface area contributed by atoms with Gasteiger partial charge in [-0.1, -0.05) is 15.9 Å². The van der Waals surface area contributed by atoms with Crippen LogP contribution in [0.25, 0.3) is 5.69 Å². The Morgan fingerprint density at radius 1 is 1.50 bits per heavy atom. The van der Waals surface area contributed by atoms with Gasteiger partial charge in [-0.15, -0.1) is 0 Å². The number of rotatable bonds is 3. The fourth-order valence-electron chi connectivity index (χ4n) is 1.72. The summed E-state index contributed by atoms with van der Waals surface area (Å²) in [6.45, 7) is 2.01. The van der Waals surface area contributed by atoms with Gasteiger partial charge in [0.15, 0.2) is 0 Å². The first-order valence-corrected chi connectivity index (χ1v) is 5.98. The second kappa shape index (κ2) is 4.80. The molecule has 0 aliphatic carbocycles. The van der Waals surface area contributed by atoms with Crippen molar-refractivity contribution in [2.24, 2.45) is 5.73 Å². The van der Waals surface area contributed by atoms with Gasteiger partial charge in [-0.05, 0) is 37.1 Å². The van der Waals surface area contributed by atoms with Gasteiger partial charge in [-0.3, -0.25) is 0 Å². The van der Waals surface area contributed by atoms with Crippen LogP contribution in [-0.4, -0.2) is 15.6 Å². The van der Waals surface area contributed by atoms with Gasteiger partial charge in [0.05, 0.1) is 6.33 Å². The van der Waals surface area contributed by atoms with Crippen molar-refractivity contribution in [1.29, 1.82) is 0 Å². The van der Waals surface area contributed by atoms with E-state index in [4.69, 9.17) is 5.73 Å². The predicted molar refractivity (Wildman–Crippen MR) is 68.6 cm³/mol. The number of imidazole rings is 1. The molecule has 1 aromatic heterocycles. The monoisotopic (exact) mass is 279 g/mol. The lowest BCUT2D eigenvalue weighted by Gasteiger charge is -2.12. The average molecular weight is 280 g/mol. The molecule has 2 aromatic rings. The SMILES string of the molecule is CC(N)Cc1cc(Br)ccc1-n1ccnc1. The van der Waals surface area contributed by atoms with Crippen LogP contribution in [0.1, 0.15) is 12.5 Å². The third kappa shape index (κ3) is 2.51. The summed E-state index contributed by atoms with van der Waals surface area (Å²) >= 11 is 3.48. The molecule has 84 valence electrons. The van der Waals surface area contributed by atoms with Crippen LogP contribution in [0.2, 0.25) is 0 Å². The highest BCUT2D eigenvalue weighted by Gasteiger charge is 2.07. The molecule has 0 radical (unpaired) electrons. The topological polar surface area (TPSA) is 43.8 Å². The lowest BCUT2D eigenvalue weighted by molar-refractivity contribution is 0.733. The molecule has 0 fully saturated rings. The minimum absolute atomic E-state index is 0.150. The fraction of sp³-hybridized carbons (Fsp3) is 0.250. The molecule has 2 rings (SSSR count). The van der Waals surface area contributed by atoms with Gasteiger partial charge in [0.25, 0.3) is 0 Å². The van der Waals surface area contributed by atoms with Gasteiger partial charge in [0, 0.05) is 28.6 Å². The van der Waals surface area contributed by atoms with Crippen molar-refractivity contribution in [2.75, 3.05) is 0 Å². The fourth-order valence-corrected chi connectivity index (χ4v) is 2.13. The number of benzene rings is 1. The van der Waals surface area contributed by atoms with Crippen LogP contribution in [-0.2, 0) is 6.42 Å². The first kappa shape index (κ1) is 11.4. The zero-order valence-electron chi connectivity index (χ0n) is 9.10. The average Bonchev–Trinajstić information content (AvgIpc) is 2.69. The molecule has 1 atom stereocenters. The van der Waals surface area contributed by atoms with Crippen molar-refractivity contribution < 1.29 is 0 Å². The van der Waals surface area contributed by atoms with E-state index in [2.05, 4.69) is 33.0 Å². The van der Waals surface area contributed by atoms with Gasteiger partial charge < -0.3 is 10.3 Å². The molecule has 1 unspecified atom stereocenters. The van der Waals surface area contributed by atoms with Crippen molar-refractivity contribution in [3.63, 3.8) is 0 Å². The van der Waals surface area contributed by atoms with E-state index in [-0.39, 0.29) is 6.04 Å². The molecule has 0 spiro atoms. The van der Waals surface area contributed by atoms with E-state index in [1.54, 1.807) is 12.5 Å². The van der Waals surface area contributed by atoms with E-state index in [1.807, 2.05) is 23.8 Å². The van der Waals surface area contributed by atoms with Gasteiger partial charge in [-0.25, -0.2) is 4.98 Å². The molecule has 0 aliphatic heterocycles. The standard InChI is InChI=1S/C12H14BrN3/c1-9(14)6-10-7-11(13)2-3-12(10)16-5-4-15-8-16/h2-5,7-9H,6,14H2,1H3. The van der Waals surface area contributed by atoms with Crippen LogP contribution in [0.5, 0.6) is 0 Å². The zero-order valence-corrected chi connectivity index (χ0v) is 10.7. The van der Waals surface area contributed by atoms with E-state index in [0.29, 0.717) is 0 Å². The highest BCUT2D eigenvalue weighted by Crippen LogP contribution is 2.21. The van der Waals surface area contributed by atoms with Gasteiger partial charge in [-0.2, -0.15) is 0 Å². The van der Waals surface area contributed by atoms with Crippen LogP contribution in [0.4, 0.5) is 0 Å².